The molecule has 0 aliphatic rings. The summed E-state index contributed by atoms with van der Waals surface area (Å²) in [6, 6.07) is 4.36. The normalized spacial score (nSPS) is 12.2. The lowest BCUT2D eigenvalue weighted by Crippen LogP contribution is -2.28. The van der Waals surface area contributed by atoms with Crippen molar-refractivity contribution in [3.05, 3.63) is 42.2 Å². The molecule has 0 aliphatic carbocycles. The van der Waals surface area contributed by atoms with E-state index in [9.17, 15) is 4.39 Å². The molecule has 0 spiro atoms. The summed E-state index contributed by atoms with van der Waals surface area (Å²) in [4.78, 5) is 0. The van der Waals surface area contributed by atoms with Gasteiger partial charge >= 0.3 is 0 Å². The summed E-state index contributed by atoms with van der Waals surface area (Å²) in [6.45, 7) is 3.60. The van der Waals surface area contributed by atoms with Crippen molar-refractivity contribution in [2.45, 2.75) is 12.5 Å². The SMILES string of the molecule is C=CCC(NN)c1c(F)cccc1OC. The lowest BCUT2D eigenvalue weighted by molar-refractivity contribution is 0.391. The van der Waals surface area contributed by atoms with Crippen molar-refractivity contribution in [2.75, 3.05) is 7.11 Å². The average Bonchev–Trinajstić information content (AvgIpc) is 2.26. The van der Waals surface area contributed by atoms with Crippen molar-refractivity contribution >= 4 is 0 Å². The second kappa shape index (κ2) is 5.48. The zero-order valence-electron chi connectivity index (χ0n) is 8.66. The molecule has 0 amide bonds. The number of benzene rings is 1. The highest BCUT2D eigenvalue weighted by atomic mass is 19.1. The van der Waals surface area contributed by atoms with E-state index >= 15 is 0 Å². The third-order valence-corrected chi connectivity index (χ3v) is 2.18. The van der Waals surface area contributed by atoms with Gasteiger partial charge in [-0.1, -0.05) is 12.1 Å². The Morgan fingerprint density at radius 1 is 1.67 bits per heavy atom. The minimum Gasteiger partial charge on any atom is -0.496 e. The Morgan fingerprint density at radius 3 is 2.93 bits per heavy atom. The number of rotatable bonds is 5. The van der Waals surface area contributed by atoms with Crippen molar-refractivity contribution in [1.29, 1.82) is 0 Å². The second-order valence-electron chi connectivity index (χ2n) is 3.10. The molecular formula is C11H15FN2O. The molecule has 3 N–H and O–H groups in total. The summed E-state index contributed by atoms with van der Waals surface area (Å²) in [6.07, 6.45) is 2.21. The molecule has 0 aromatic heterocycles. The molecule has 0 saturated carbocycles. The van der Waals surface area contributed by atoms with E-state index in [4.69, 9.17) is 10.6 Å². The van der Waals surface area contributed by atoms with Gasteiger partial charge in [0.1, 0.15) is 11.6 Å². The van der Waals surface area contributed by atoms with Crippen LogP contribution in [0.5, 0.6) is 5.75 Å². The van der Waals surface area contributed by atoms with Crippen LogP contribution in [0.4, 0.5) is 4.39 Å². The summed E-state index contributed by atoms with van der Waals surface area (Å²) < 4.78 is 18.7. The molecule has 1 aromatic rings. The van der Waals surface area contributed by atoms with Crippen LogP contribution in [0.1, 0.15) is 18.0 Å². The van der Waals surface area contributed by atoms with Gasteiger partial charge in [0.2, 0.25) is 0 Å². The molecule has 15 heavy (non-hydrogen) atoms. The Morgan fingerprint density at radius 2 is 2.40 bits per heavy atom. The van der Waals surface area contributed by atoms with Gasteiger partial charge in [0.05, 0.1) is 13.2 Å². The van der Waals surface area contributed by atoms with E-state index in [1.807, 2.05) is 0 Å². The Kier molecular flexibility index (Phi) is 4.27. The Bertz CT molecular complexity index is 341. The fourth-order valence-corrected chi connectivity index (χ4v) is 1.47. The monoisotopic (exact) mass is 210 g/mol. The van der Waals surface area contributed by atoms with Crippen LogP contribution in [-0.4, -0.2) is 7.11 Å². The molecule has 3 nitrogen and oxygen atoms in total. The van der Waals surface area contributed by atoms with Crippen LogP contribution in [-0.2, 0) is 0 Å². The summed E-state index contributed by atoms with van der Waals surface area (Å²) in [5, 5.41) is 0. The highest BCUT2D eigenvalue weighted by molar-refractivity contribution is 5.37. The van der Waals surface area contributed by atoms with Crippen molar-refractivity contribution in [3.8, 4) is 5.75 Å². The molecule has 4 heteroatoms. The van der Waals surface area contributed by atoms with Crippen molar-refractivity contribution in [1.82, 2.24) is 5.43 Å². The molecule has 0 fully saturated rings. The summed E-state index contributed by atoms with van der Waals surface area (Å²) in [7, 11) is 1.50. The van der Waals surface area contributed by atoms with Gasteiger partial charge in [0.15, 0.2) is 0 Å². The molecular weight excluding hydrogens is 195 g/mol. The topological polar surface area (TPSA) is 47.3 Å². The van der Waals surface area contributed by atoms with Gasteiger partial charge in [-0.25, -0.2) is 4.39 Å². The molecule has 1 rings (SSSR count). The maximum Gasteiger partial charge on any atom is 0.131 e. The van der Waals surface area contributed by atoms with E-state index in [2.05, 4.69) is 12.0 Å². The van der Waals surface area contributed by atoms with Crippen molar-refractivity contribution in [3.63, 3.8) is 0 Å². The van der Waals surface area contributed by atoms with Gasteiger partial charge in [0.25, 0.3) is 0 Å². The molecule has 1 atom stereocenters. The fraction of sp³-hybridized carbons (Fsp3) is 0.273. The van der Waals surface area contributed by atoms with Crippen molar-refractivity contribution in [2.24, 2.45) is 5.84 Å². The van der Waals surface area contributed by atoms with Crippen LogP contribution < -0.4 is 16.0 Å². The van der Waals surface area contributed by atoms with Crippen LogP contribution in [0.3, 0.4) is 0 Å². The Hall–Kier alpha value is -1.39. The number of methoxy groups -OCH3 is 1. The van der Waals surface area contributed by atoms with E-state index < -0.39 is 0 Å². The number of hydrazine groups is 1. The third-order valence-electron chi connectivity index (χ3n) is 2.18. The second-order valence-corrected chi connectivity index (χ2v) is 3.10. The molecule has 0 heterocycles. The molecule has 1 unspecified atom stereocenters. The molecule has 0 aliphatic heterocycles. The number of hydrogen-bond acceptors (Lipinski definition) is 3. The van der Waals surface area contributed by atoms with Crippen LogP contribution in [0.15, 0.2) is 30.9 Å². The van der Waals surface area contributed by atoms with Crippen molar-refractivity contribution < 1.29 is 9.13 Å². The first-order chi connectivity index (χ1) is 7.24. The number of ether oxygens (including phenoxy) is 1. The summed E-state index contributed by atoms with van der Waals surface area (Å²) >= 11 is 0. The smallest absolute Gasteiger partial charge is 0.131 e. The van der Waals surface area contributed by atoms with Crippen LogP contribution in [0, 0.1) is 5.82 Å². The van der Waals surface area contributed by atoms with E-state index in [0.717, 1.165) is 0 Å². The van der Waals surface area contributed by atoms with E-state index in [1.165, 1.54) is 13.2 Å². The zero-order chi connectivity index (χ0) is 11.3. The first kappa shape index (κ1) is 11.7. The third kappa shape index (κ3) is 2.55. The molecule has 1 aromatic carbocycles. The van der Waals surface area contributed by atoms with E-state index in [-0.39, 0.29) is 11.9 Å². The molecule has 82 valence electrons. The highest BCUT2D eigenvalue weighted by Crippen LogP contribution is 2.29. The average molecular weight is 210 g/mol. The van der Waals surface area contributed by atoms with Gasteiger partial charge in [-0.2, -0.15) is 0 Å². The minimum atomic E-state index is -0.334. The highest BCUT2D eigenvalue weighted by Gasteiger charge is 2.17. The lowest BCUT2D eigenvalue weighted by atomic mass is 10.0. The lowest BCUT2D eigenvalue weighted by Gasteiger charge is -2.18. The van der Waals surface area contributed by atoms with Gasteiger partial charge in [-0.3, -0.25) is 11.3 Å². The van der Waals surface area contributed by atoms with Crippen LogP contribution >= 0.6 is 0 Å². The molecule has 0 bridgehead atoms. The number of nitrogens with two attached hydrogens (primary N) is 1. The van der Waals surface area contributed by atoms with E-state index in [1.54, 1.807) is 18.2 Å². The number of hydrogen-bond donors (Lipinski definition) is 2. The number of nitrogens with one attached hydrogen (secondary N) is 1. The van der Waals surface area contributed by atoms with Gasteiger partial charge < -0.3 is 4.74 Å². The zero-order valence-corrected chi connectivity index (χ0v) is 8.66. The van der Waals surface area contributed by atoms with Gasteiger partial charge in [-0.15, -0.1) is 6.58 Å². The minimum absolute atomic E-state index is 0.321. The number of halogens is 1. The molecule has 0 saturated heterocycles. The first-order valence-electron chi connectivity index (χ1n) is 4.64. The van der Waals surface area contributed by atoms with E-state index in [0.29, 0.717) is 17.7 Å². The molecule has 0 radical (unpaired) electrons. The first-order valence-corrected chi connectivity index (χ1v) is 4.64. The van der Waals surface area contributed by atoms with Crippen LogP contribution in [0.2, 0.25) is 0 Å². The quantitative estimate of drug-likeness (QED) is 0.443. The van der Waals surface area contributed by atoms with Crippen LogP contribution in [0.25, 0.3) is 0 Å². The Labute approximate surface area is 88.7 Å². The summed E-state index contributed by atoms with van der Waals surface area (Å²) in [5.74, 6) is 5.52. The van der Waals surface area contributed by atoms with Gasteiger partial charge in [0, 0.05) is 5.56 Å². The maximum atomic E-state index is 13.6. The summed E-state index contributed by atoms with van der Waals surface area (Å²) in [5.41, 5.74) is 2.98. The standard InChI is InChI=1S/C11H15FN2O/c1-3-5-9(14-13)11-8(12)6-4-7-10(11)15-2/h3-4,6-7,9,14H,1,5,13H2,2H3. The predicted octanol–water partition coefficient (Wildman–Crippen LogP) is 1.91. The fourth-order valence-electron chi connectivity index (χ4n) is 1.47. The predicted molar refractivity (Wildman–Crippen MR) is 57.8 cm³/mol. The largest absolute Gasteiger partial charge is 0.496 e. The Balaban J connectivity index is 3.13. The maximum absolute atomic E-state index is 13.6. The van der Waals surface area contributed by atoms with Gasteiger partial charge in [-0.05, 0) is 18.6 Å².